The summed E-state index contributed by atoms with van der Waals surface area (Å²) in [5, 5.41) is 21.4. The van der Waals surface area contributed by atoms with Crippen molar-refractivity contribution in [2.45, 2.75) is 6.92 Å². The van der Waals surface area contributed by atoms with Crippen molar-refractivity contribution in [2.75, 3.05) is 13.2 Å². The van der Waals surface area contributed by atoms with Gasteiger partial charge in [0.05, 0.1) is 12.2 Å². The highest BCUT2D eigenvalue weighted by Gasteiger charge is 2.14. The Bertz CT molecular complexity index is 419. The third kappa shape index (κ3) is 2.99. The molecule has 0 aromatic carbocycles. The van der Waals surface area contributed by atoms with E-state index in [1.165, 1.54) is 6.07 Å². The SMILES string of the molecule is Cc1cc(C(=O)NCCO)cc([N+](=O)[O-])n1. The van der Waals surface area contributed by atoms with Crippen molar-refractivity contribution < 1.29 is 14.8 Å². The molecule has 1 amide bonds. The van der Waals surface area contributed by atoms with Crippen molar-refractivity contribution in [3.63, 3.8) is 0 Å². The highest BCUT2D eigenvalue weighted by Crippen LogP contribution is 2.12. The normalized spacial score (nSPS) is 9.88. The molecule has 7 nitrogen and oxygen atoms in total. The van der Waals surface area contributed by atoms with Crippen LogP contribution in [0.5, 0.6) is 0 Å². The van der Waals surface area contributed by atoms with Gasteiger partial charge in [0.1, 0.15) is 0 Å². The molecule has 2 N–H and O–H groups in total. The minimum atomic E-state index is -0.657. The zero-order valence-electron chi connectivity index (χ0n) is 8.64. The third-order valence-electron chi connectivity index (χ3n) is 1.79. The van der Waals surface area contributed by atoms with Crippen LogP contribution in [0, 0.1) is 17.0 Å². The van der Waals surface area contributed by atoms with Gasteiger partial charge in [-0.1, -0.05) is 0 Å². The first kappa shape index (κ1) is 12.1. The van der Waals surface area contributed by atoms with Crippen molar-refractivity contribution >= 4 is 11.7 Å². The molecular weight excluding hydrogens is 214 g/mol. The van der Waals surface area contributed by atoms with Crippen LogP contribution in [0.2, 0.25) is 0 Å². The highest BCUT2D eigenvalue weighted by atomic mass is 16.6. The average molecular weight is 225 g/mol. The van der Waals surface area contributed by atoms with Crippen LogP contribution >= 0.6 is 0 Å². The number of aromatic nitrogens is 1. The number of hydrogen-bond acceptors (Lipinski definition) is 5. The fourth-order valence-electron chi connectivity index (χ4n) is 1.15. The first-order valence-electron chi connectivity index (χ1n) is 4.56. The fourth-order valence-corrected chi connectivity index (χ4v) is 1.15. The molecule has 0 radical (unpaired) electrons. The van der Waals surface area contributed by atoms with Crippen LogP contribution < -0.4 is 5.32 Å². The monoisotopic (exact) mass is 225 g/mol. The molecule has 0 atom stereocenters. The summed E-state index contributed by atoms with van der Waals surface area (Å²) in [7, 11) is 0. The Hall–Kier alpha value is -2.02. The van der Waals surface area contributed by atoms with Gasteiger partial charge >= 0.3 is 5.82 Å². The molecule has 0 aliphatic carbocycles. The lowest BCUT2D eigenvalue weighted by Gasteiger charge is -2.02. The van der Waals surface area contributed by atoms with Crippen LogP contribution in [0.1, 0.15) is 16.1 Å². The second-order valence-corrected chi connectivity index (χ2v) is 3.09. The van der Waals surface area contributed by atoms with Crippen LogP contribution in [-0.4, -0.2) is 34.1 Å². The van der Waals surface area contributed by atoms with Crippen molar-refractivity contribution in [2.24, 2.45) is 0 Å². The van der Waals surface area contributed by atoms with E-state index < -0.39 is 10.8 Å². The highest BCUT2D eigenvalue weighted by molar-refractivity contribution is 5.94. The summed E-state index contributed by atoms with van der Waals surface area (Å²) in [5.74, 6) is -0.836. The standard InChI is InChI=1S/C9H11N3O4/c1-6-4-7(9(14)10-2-3-13)5-8(11-6)12(15)16/h4-5,13H,2-3H2,1H3,(H,10,14). The second-order valence-electron chi connectivity index (χ2n) is 3.09. The molecule has 86 valence electrons. The average Bonchev–Trinajstić information content (AvgIpc) is 2.24. The van der Waals surface area contributed by atoms with E-state index in [4.69, 9.17) is 5.11 Å². The maximum Gasteiger partial charge on any atom is 0.364 e. The number of amides is 1. The minimum absolute atomic E-state index is 0.105. The van der Waals surface area contributed by atoms with Crippen LogP contribution in [-0.2, 0) is 0 Å². The Kier molecular flexibility index (Phi) is 3.90. The van der Waals surface area contributed by atoms with Gasteiger partial charge in [-0.15, -0.1) is 0 Å². The Morgan fingerprint density at radius 3 is 2.88 bits per heavy atom. The summed E-state index contributed by atoms with van der Waals surface area (Å²) in [5.41, 5.74) is 0.552. The number of pyridine rings is 1. The summed E-state index contributed by atoms with van der Waals surface area (Å²) in [6, 6.07) is 2.54. The maximum atomic E-state index is 11.5. The van der Waals surface area contributed by atoms with Crippen molar-refractivity contribution in [3.8, 4) is 0 Å². The number of rotatable bonds is 4. The predicted octanol–water partition coefficient (Wildman–Crippen LogP) is 0.0203. The van der Waals surface area contributed by atoms with E-state index in [9.17, 15) is 14.9 Å². The van der Waals surface area contributed by atoms with Gasteiger partial charge in [-0.25, -0.2) is 0 Å². The Balaban J connectivity index is 2.95. The van der Waals surface area contributed by atoms with Gasteiger partial charge in [-0.2, -0.15) is 0 Å². The molecule has 0 aliphatic rings. The van der Waals surface area contributed by atoms with E-state index in [0.29, 0.717) is 5.69 Å². The molecule has 1 heterocycles. The minimum Gasteiger partial charge on any atom is -0.395 e. The molecule has 0 saturated heterocycles. The lowest BCUT2D eigenvalue weighted by atomic mass is 10.2. The molecular formula is C9H11N3O4. The van der Waals surface area contributed by atoms with Crippen LogP contribution in [0.25, 0.3) is 0 Å². The number of carbonyl (C=O) groups is 1. The summed E-state index contributed by atoms with van der Waals surface area (Å²) in [4.78, 5) is 25.0. The number of carbonyl (C=O) groups excluding carboxylic acids is 1. The lowest BCUT2D eigenvalue weighted by molar-refractivity contribution is -0.389. The molecule has 7 heteroatoms. The van der Waals surface area contributed by atoms with E-state index in [-0.39, 0.29) is 24.5 Å². The molecule has 0 aliphatic heterocycles. The molecule has 16 heavy (non-hydrogen) atoms. The van der Waals surface area contributed by atoms with Gasteiger partial charge in [0.15, 0.2) is 5.69 Å². The molecule has 0 saturated carbocycles. The van der Waals surface area contributed by atoms with E-state index in [0.717, 1.165) is 6.07 Å². The van der Waals surface area contributed by atoms with Gasteiger partial charge in [0.2, 0.25) is 0 Å². The molecule has 0 unspecified atom stereocenters. The Morgan fingerprint density at radius 2 is 2.31 bits per heavy atom. The Labute approximate surface area is 91.3 Å². The Morgan fingerprint density at radius 1 is 1.62 bits per heavy atom. The van der Waals surface area contributed by atoms with Crippen molar-refractivity contribution in [3.05, 3.63) is 33.5 Å². The summed E-state index contributed by atoms with van der Waals surface area (Å²) >= 11 is 0. The number of hydrogen-bond donors (Lipinski definition) is 2. The molecule has 1 rings (SSSR count). The quantitative estimate of drug-likeness (QED) is 0.555. The van der Waals surface area contributed by atoms with E-state index in [1.807, 2.05) is 0 Å². The summed E-state index contributed by atoms with van der Waals surface area (Å²) in [6.07, 6.45) is 0. The maximum absolute atomic E-state index is 11.5. The number of aliphatic hydroxyl groups is 1. The van der Waals surface area contributed by atoms with E-state index in [1.54, 1.807) is 6.92 Å². The van der Waals surface area contributed by atoms with Gasteiger partial charge in [0, 0.05) is 19.5 Å². The van der Waals surface area contributed by atoms with E-state index >= 15 is 0 Å². The topological polar surface area (TPSA) is 105 Å². The van der Waals surface area contributed by atoms with Gasteiger partial charge < -0.3 is 20.5 Å². The molecule has 0 bridgehead atoms. The predicted molar refractivity (Wildman–Crippen MR) is 55.0 cm³/mol. The molecule has 0 spiro atoms. The van der Waals surface area contributed by atoms with Gasteiger partial charge in [-0.3, -0.25) is 4.79 Å². The first-order valence-corrected chi connectivity index (χ1v) is 4.56. The smallest absolute Gasteiger partial charge is 0.364 e. The largest absolute Gasteiger partial charge is 0.395 e. The number of aliphatic hydroxyl groups excluding tert-OH is 1. The second kappa shape index (κ2) is 5.17. The fraction of sp³-hybridized carbons (Fsp3) is 0.333. The molecule has 0 fully saturated rings. The molecule has 1 aromatic rings. The number of nitrogens with one attached hydrogen (secondary N) is 1. The summed E-state index contributed by atoms with van der Waals surface area (Å²) < 4.78 is 0. The first-order chi connectivity index (χ1) is 7.54. The van der Waals surface area contributed by atoms with Gasteiger partial charge in [0.25, 0.3) is 5.91 Å². The number of aryl methyl sites for hydroxylation is 1. The van der Waals surface area contributed by atoms with Crippen molar-refractivity contribution in [1.82, 2.24) is 10.3 Å². The summed E-state index contributed by atoms with van der Waals surface area (Å²) in [6.45, 7) is 1.49. The zero-order chi connectivity index (χ0) is 12.1. The van der Waals surface area contributed by atoms with E-state index in [2.05, 4.69) is 10.3 Å². The van der Waals surface area contributed by atoms with Crippen LogP contribution in [0.4, 0.5) is 5.82 Å². The van der Waals surface area contributed by atoms with Crippen LogP contribution in [0.3, 0.4) is 0 Å². The van der Waals surface area contributed by atoms with Crippen molar-refractivity contribution in [1.29, 1.82) is 0 Å². The number of nitro groups is 1. The lowest BCUT2D eigenvalue weighted by Crippen LogP contribution is -2.26. The zero-order valence-corrected chi connectivity index (χ0v) is 8.64. The third-order valence-corrected chi connectivity index (χ3v) is 1.79. The number of nitrogens with zero attached hydrogens (tertiary/aromatic N) is 2. The van der Waals surface area contributed by atoms with Gasteiger partial charge in [-0.05, 0) is 16.0 Å². The molecule has 1 aromatic heterocycles. The van der Waals surface area contributed by atoms with Crippen LogP contribution in [0.15, 0.2) is 12.1 Å².